The summed E-state index contributed by atoms with van der Waals surface area (Å²) in [5.74, 6) is 0.305. The number of carbonyl (C=O) groups excluding carboxylic acids is 2. The van der Waals surface area contributed by atoms with Gasteiger partial charge in [0.1, 0.15) is 5.75 Å². The van der Waals surface area contributed by atoms with E-state index in [0.717, 1.165) is 29.8 Å². The van der Waals surface area contributed by atoms with Gasteiger partial charge in [-0.05, 0) is 56.0 Å². The van der Waals surface area contributed by atoms with Gasteiger partial charge >= 0.3 is 0 Å². The van der Waals surface area contributed by atoms with Crippen molar-refractivity contribution in [3.63, 3.8) is 0 Å². The molecule has 1 heterocycles. The van der Waals surface area contributed by atoms with Gasteiger partial charge in [-0.1, -0.05) is 0 Å². The van der Waals surface area contributed by atoms with Gasteiger partial charge in [0.2, 0.25) is 11.8 Å². The van der Waals surface area contributed by atoms with Crippen LogP contribution < -0.4 is 15.4 Å². The molecule has 0 radical (unpaired) electrons. The number of nitrogens with one attached hydrogen (secondary N) is 3. The quantitative estimate of drug-likeness (QED) is 0.744. The number of hydrogen-bond donors (Lipinski definition) is 3. The number of anilines is 1. The smallest absolute Gasteiger partial charge is 0.243 e. The van der Waals surface area contributed by atoms with Gasteiger partial charge in [-0.3, -0.25) is 14.7 Å². The van der Waals surface area contributed by atoms with E-state index in [0.29, 0.717) is 18.7 Å². The van der Waals surface area contributed by atoms with Crippen molar-refractivity contribution in [3.05, 3.63) is 41.7 Å². The van der Waals surface area contributed by atoms with Crippen LogP contribution in [-0.4, -0.2) is 35.2 Å². The molecule has 132 valence electrons. The van der Waals surface area contributed by atoms with Gasteiger partial charge in [-0.25, -0.2) is 0 Å². The summed E-state index contributed by atoms with van der Waals surface area (Å²) in [7, 11) is 0. The van der Waals surface area contributed by atoms with Gasteiger partial charge in [-0.2, -0.15) is 5.10 Å². The number of hydrogen-bond acceptors (Lipinski definition) is 4. The highest BCUT2D eigenvalue weighted by Crippen LogP contribution is 2.23. The average Bonchev–Trinajstić information content (AvgIpc) is 3.09. The van der Waals surface area contributed by atoms with Crippen molar-refractivity contribution in [2.24, 2.45) is 5.92 Å². The summed E-state index contributed by atoms with van der Waals surface area (Å²) in [5.41, 5.74) is 2.87. The fourth-order valence-electron chi connectivity index (χ4n) is 2.96. The second kappa shape index (κ2) is 7.83. The van der Waals surface area contributed by atoms with Crippen molar-refractivity contribution in [3.8, 4) is 5.75 Å². The third kappa shape index (κ3) is 4.37. The molecule has 0 fully saturated rings. The molecule has 25 heavy (non-hydrogen) atoms. The first-order chi connectivity index (χ1) is 12.2. The zero-order valence-corrected chi connectivity index (χ0v) is 14.2. The minimum atomic E-state index is -0.252. The number of ether oxygens (including phenoxy) is 1. The van der Waals surface area contributed by atoms with Crippen molar-refractivity contribution in [1.82, 2.24) is 15.5 Å². The lowest BCUT2D eigenvalue weighted by Gasteiger charge is -2.20. The number of fused-ring (bicyclic) bond motifs is 1. The lowest BCUT2D eigenvalue weighted by atomic mass is 9.87. The van der Waals surface area contributed by atoms with Crippen LogP contribution in [0.2, 0.25) is 0 Å². The highest BCUT2D eigenvalue weighted by atomic mass is 16.5. The zero-order valence-electron chi connectivity index (χ0n) is 14.2. The van der Waals surface area contributed by atoms with E-state index in [1.54, 1.807) is 30.5 Å². The van der Waals surface area contributed by atoms with Crippen molar-refractivity contribution in [1.29, 1.82) is 0 Å². The van der Waals surface area contributed by atoms with Gasteiger partial charge in [0.25, 0.3) is 0 Å². The molecule has 2 aromatic rings. The predicted octanol–water partition coefficient (Wildman–Crippen LogP) is 1.67. The first kappa shape index (κ1) is 17.0. The fraction of sp³-hybridized carbons (Fsp3) is 0.389. The second-order valence-corrected chi connectivity index (χ2v) is 6.04. The fourth-order valence-corrected chi connectivity index (χ4v) is 2.96. The number of aryl methyl sites for hydroxylation is 1. The molecule has 1 aliphatic rings. The Morgan fingerprint density at radius 2 is 2.12 bits per heavy atom. The molecule has 7 heteroatoms. The molecule has 7 nitrogen and oxygen atoms in total. The van der Waals surface area contributed by atoms with Gasteiger partial charge in [0.15, 0.2) is 0 Å². The van der Waals surface area contributed by atoms with Crippen molar-refractivity contribution >= 4 is 17.5 Å². The van der Waals surface area contributed by atoms with E-state index < -0.39 is 0 Å². The lowest BCUT2D eigenvalue weighted by molar-refractivity contribution is -0.127. The van der Waals surface area contributed by atoms with Gasteiger partial charge in [-0.15, -0.1) is 0 Å². The molecular formula is C18H22N4O3. The maximum Gasteiger partial charge on any atom is 0.243 e. The summed E-state index contributed by atoms with van der Waals surface area (Å²) in [5, 5.41) is 12.4. The van der Waals surface area contributed by atoms with E-state index in [4.69, 9.17) is 4.74 Å². The molecule has 1 atom stereocenters. The molecule has 0 saturated heterocycles. The molecular weight excluding hydrogens is 320 g/mol. The maximum absolute atomic E-state index is 12.3. The topological polar surface area (TPSA) is 96.1 Å². The van der Waals surface area contributed by atoms with Crippen molar-refractivity contribution in [2.75, 3.05) is 18.5 Å². The Balaban J connectivity index is 1.45. The molecule has 2 amide bonds. The Morgan fingerprint density at radius 3 is 2.88 bits per heavy atom. The lowest BCUT2D eigenvalue weighted by Crippen LogP contribution is -2.38. The minimum absolute atomic E-state index is 0.0409. The summed E-state index contributed by atoms with van der Waals surface area (Å²) < 4.78 is 5.35. The van der Waals surface area contributed by atoms with E-state index in [1.165, 1.54) is 0 Å². The van der Waals surface area contributed by atoms with Crippen LogP contribution in [0.15, 0.2) is 30.5 Å². The van der Waals surface area contributed by atoms with Crippen molar-refractivity contribution < 1.29 is 14.3 Å². The van der Waals surface area contributed by atoms with Gasteiger partial charge < -0.3 is 15.4 Å². The van der Waals surface area contributed by atoms with Crippen LogP contribution in [0.5, 0.6) is 5.75 Å². The average molecular weight is 342 g/mol. The summed E-state index contributed by atoms with van der Waals surface area (Å²) in [4.78, 5) is 24.3. The second-order valence-electron chi connectivity index (χ2n) is 6.04. The normalized spacial score (nSPS) is 16.0. The molecule has 0 saturated carbocycles. The SMILES string of the molecule is CCOc1ccc(NC(=O)CNC(=O)C2CCc3[nH]ncc3C2)cc1. The van der Waals surface area contributed by atoms with Crippen LogP contribution in [0.4, 0.5) is 5.69 Å². The number of H-pyrrole nitrogens is 1. The summed E-state index contributed by atoms with van der Waals surface area (Å²) in [6, 6.07) is 7.13. The van der Waals surface area contributed by atoms with Gasteiger partial charge in [0, 0.05) is 17.3 Å². The standard InChI is InChI=1S/C18H22N4O3/c1-2-25-15-6-4-14(5-7-15)21-17(23)11-19-18(24)12-3-8-16-13(9-12)10-20-22-16/h4-7,10,12H,2-3,8-9,11H2,1H3,(H,19,24)(H,20,22)(H,21,23). The highest BCUT2D eigenvalue weighted by molar-refractivity contribution is 5.94. The molecule has 1 aromatic carbocycles. The van der Waals surface area contributed by atoms with Crippen LogP contribution in [0.1, 0.15) is 24.6 Å². The first-order valence-corrected chi connectivity index (χ1v) is 8.47. The van der Waals surface area contributed by atoms with Crippen LogP contribution in [0.3, 0.4) is 0 Å². The Labute approximate surface area is 146 Å². The van der Waals surface area contributed by atoms with E-state index >= 15 is 0 Å². The molecule has 0 bridgehead atoms. The minimum Gasteiger partial charge on any atom is -0.494 e. The van der Waals surface area contributed by atoms with E-state index in [2.05, 4.69) is 20.8 Å². The Morgan fingerprint density at radius 1 is 1.32 bits per heavy atom. The largest absolute Gasteiger partial charge is 0.494 e. The van der Waals surface area contributed by atoms with Crippen molar-refractivity contribution in [2.45, 2.75) is 26.2 Å². The Bertz CT molecular complexity index is 739. The van der Waals surface area contributed by atoms with Crippen LogP contribution in [0, 0.1) is 5.92 Å². The van der Waals surface area contributed by atoms with Crippen LogP contribution in [-0.2, 0) is 22.4 Å². The first-order valence-electron chi connectivity index (χ1n) is 8.47. The molecule has 1 aliphatic carbocycles. The molecule has 3 rings (SSSR count). The molecule has 1 aromatic heterocycles. The maximum atomic E-state index is 12.3. The zero-order chi connectivity index (χ0) is 17.6. The predicted molar refractivity (Wildman–Crippen MR) is 93.4 cm³/mol. The van der Waals surface area contributed by atoms with Crippen LogP contribution >= 0.6 is 0 Å². The monoisotopic (exact) mass is 342 g/mol. The number of aromatic nitrogens is 2. The number of aromatic amines is 1. The molecule has 1 unspecified atom stereocenters. The Kier molecular flexibility index (Phi) is 5.33. The number of nitrogens with zero attached hydrogens (tertiary/aromatic N) is 1. The summed E-state index contributed by atoms with van der Waals surface area (Å²) in [6.45, 7) is 2.47. The Hall–Kier alpha value is -2.83. The molecule has 0 spiro atoms. The molecule has 3 N–H and O–H groups in total. The highest BCUT2D eigenvalue weighted by Gasteiger charge is 2.25. The van der Waals surface area contributed by atoms with E-state index in [-0.39, 0.29) is 24.3 Å². The number of amides is 2. The summed E-state index contributed by atoms with van der Waals surface area (Å²) >= 11 is 0. The van der Waals surface area contributed by atoms with Crippen LogP contribution in [0.25, 0.3) is 0 Å². The van der Waals surface area contributed by atoms with E-state index in [1.807, 2.05) is 6.92 Å². The third-order valence-electron chi connectivity index (χ3n) is 4.26. The van der Waals surface area contributed by atoms with E-state index in [9.17, 15) is 9.59 Å². The number of carbonyl (C=O) groups is 2. The molecule has 0 aliphatic heterocycles. The van der Waals surface area contributed by atoms with Gasteiger partial charge in [0.05, 0.1) is 19.3 Å². The summed E-state index contributed by atoms with van der Waals surface area (Å²) in [6.07, 6.45) is 4.01. The third-order valence-corrected chi connectivity index (χ3v) is 4.26. The number of rotatable bonds is 6. The number of benzene rings is 1.